The van der Waals surface area contributed by atoms with Crippen molar-refractivity contribution in [2.24, 2.45) is 0 Å². The number of piperazine rings is 1. The molecule has 1 saturated heterocycles. The fourth-order valence-electron chi connectivity index (χ4n) is 3.67. The van der Waals surface area contributed by atoms with Crippen molar-refractivity contribution in [1.29, 1.82) is 0 Å². The Morgan fingerprint density at radius 1 is 1.07 bits per heavy atom. The van der Waals surface area contributed by atoms with Gasteiger partial charge in [0, 0.05) is 32.7 Å². The van der Waals surface area contributed by atoms with E-state index >= 15 is 0 Å². The van der Waals surface area contributed by atoms with Crippen molar-refractivity contribution in [2.45, 2.75) is 11.7 Å². The monoisotopic (exact) mass is 446 g/mol. The van der Waals surface area contributed by atoms with Gasteiger partial charge in [-0.25, -0.2) is 4.98 Å². The van der Waals surface area contributed by atoms with E-state index in [-0.39, 0.29) is 18.3 Å². The maximum absolute atomic E-state index is 12.6. The Hall–Kier alpha value is -2.42. The summed E-state index contributed by atoms with van der Waals surface area (Å²) < 4.78 is 10.8. The summed E-state index contributed by atoms with van der Waals surface area (Å²) in [6, 6.07) is 14.0. The van der Waals surface area contributed by atoms with Crippen LogP contribution in [0.2, 0.25) is 0 Å². The fourth-order valence-corrected chi connectivity index (χ4v) is 4.46. The highest BCUT2D eigenvalue weighted by Crippen LogP contribution is 2.32. The first kappa shape index (κ1) is 20.8. The maximum Gasteiger partial charge on any atom is 0.233 e. The number of hydrogen-bond donors (Lipinski definition) is 1. The molecule has 0 spiro atoms. The van der Waals surface area contributed by atoms with E-state index in [1.54, 1.807) is 0 Å². The number of rotatable bonds is 5. The summed E-state index contributed by atoms with van der Waals surface area (Å²) in [5, 5.41) is 0.793. The average Bonchev–Trinajstić information content (AvgIpc) is 3.38. The normalized spacial score (nSPS) is 15.9. The first-order valence-electron chi connectivity index (χ1n) is 9.71. The van der Waals surface area contributed by atoms with Gasteiger partial charge in [0.15, 0.2) is 16.7 Å². The van der Waals surface area contributed by atoms with Crippen LogP contribution in [0.25, 0.3) is 11.0 Å². The number of H-pyrrole nitrogens is 1. The van der Waals surface area contributed by atoms with Crippen LogP contribution in [0.5, 0.6) is 11.5 Å². The van der Waals surface area contributed by atoms with Gasteiger partial charge in [-0.15, -0.1) is 12.4 Å². The van der Waals surface area contributed by atoms with Gasteiger partial charge < -0.3 is 19.4 Å². The van der Waals surface area contributed by atoms with Gasteiger partial charge in [0.2, 0.25) is 12.7 Å². The number of carbonyl (C=O) groups is 1. The Balaban J connectivity index is 0.00000218. The van der Waals surface area contributed by atoms with E-state index in [0.29, 0.717) is 12.5 Å². The largest absolute Gasteiger partial charge is 0.454 e. The molecule has 2 aliphatic heterocycles. The van der Waals surface area contributed by atoms with Crippen molar-refractivity contribution in [3.05, 3.63) is 48.0 Å². The van der Waals surface area contributed by atoms with Crippen LogP contribution >= 0.6 is 24.2 Å². The van der Waals surface area contributed by atoms with E-state index in [9.17, 15) is 4.79 Å². The summed E-state index contributed by atoms with van der Waals surface area (Å²) in [5.41, 5.74) is 3.13. The molecule has 2 aromatic carbocycles. The number of imidazole rings is 1. The van der Waals surface area contributed by atoms with Gasteiger partial charge in [0.25, 0.3) is 0 Å². The second-order valence-electron chi connectivity index (χ2n) is 7.19. The summed E-state index contributed by atoms with van der Waals surface area (Å²) in [4.78, 5) is 24.7. The molecule has 0 atom stereocenters. The molecule has 1 fully saturated rings. The van der Waals surface area contributed by atoms with Gasteiger partial charge in [-0.3, -0.25) is 9.69 Å². The number of ether oxygens (including phenoxy) is 2. The van der Waals surface area contributed by atoms with Crippen LogP contribution in [0.3, 0.4) is 0 Å². The van der Waals surface area contributed by atoms with Crippen LogP contribution in [-0.4, -0.2) is 64.4 Å². The smallest absolute Gasteiger partial charge is 0.233 e. The Labute approximate surface area is 185 Å². The molecule has 1 amide bonds. The Kier molecular flexibility index (Phi) is 6.36. The highest BCUT2D eigenvalue weighted by Gasteiger charge is 2.22. The molecule has 0 radical (unpaired) electrons. The number of para-hydroxylation sites is 2. The van der Waals surface area contributed by atoms with Crippen molar-refractivity contribution in [3.8, 4) is 11.5 Å². The second kappa shape index (κ2) is 9.16. The number of amides is 1. The molecule has 0 saturated carbocycles. The zero-order chi connectivity index (χ0) is 19.6. The van der Waals surface area contributed by atoms with Crippen molar-refractivity contribution in [1.82, 2.24) is 19.8 Å². The lowest BCUT2D eigenvalue weighted by Gasteiger charge is -2.34. The number of aromatic amines is 1. The van der Waals surface area contributed by atoms with Crippen molar-refractivity contribution >= 4 is 41.1 Å². The van der Waals surface area contributed by atoms with Crippen LogP contribution in [-0.2, 0) is 11.3 Å². The lowest BCUT2D eigenvalue weighted by molar-refractivity contribution is -0.130. The van der Waals surface area contributed by atoms with E-state index in [2.05, 4.69) is 20.9 Å². The molecule has 3 aromatic rings. The van der Waals surface area contributed by atoms with Gasteiger partial charge in [-0.2, -0.15) is 0 Å². The Bertz CT molecular complexity index is 1000. The van der Waals surface area contributed by atoms with E-state index < -0.39 is 0 Å². The number of benzene rings is 2. The highest BCUT2D eigenvalue weighted by atomic mass is 35.5. The van der Waals surface area contributed by atoms with Gasteiger partial charge >= 0.3 is 0 Å². The first-order valence-corrected chi connectivity index (χ1v) is 10.7. The number of nitrogens with one attached hydrogen (secondary N) is 1. The minimum Gasteiger partial charge on any atom is -0.454 e. The summed E-state index contributed by atoms with van der Waals surface area (Å²) in [7, 11) is 0. The standard InChI is InChI=1S/C21H22N4O3S.ClH/c26-20(13-29-21-22-16-3-1-2-4-17(16)23-21)25-9-7-24(8-10-25)12-15-5-6-18-19(11-15)28-14-27-18;/h1-6,11H,7-10,12-14H2,(H,22,23);1H. The molecule has 158 valence electrons. The number of nitrogens with zero attached hydrogens (tertiary/aromatic N) is 3. The summed E-state index contributed by atoms with van der Waals surface area (Å²) in [6.07, 6.45) is 0. The molecule has 3 heterocycles. The van der Waals surface area contributed by atoms with E-state index in [1.165, 1.54) is 17.3 Å². The van der Waals surface area contributed by atoms with Crippen LogP contribution in [0.15, 0.2) is 47.6 Å². The van der Waals surface area contributed by atoms with Crippen molar-refractivity contribution < 1.29 is 14.3 Å². The third-order valence-corrected chi connectivity index (χ3v) is 6.13. The summed E-state index contributed by atoms with van der Waals surface area (Å²) in [6.45, 7) is 4.40. The quantitative estimate of drug-likeness (QED) is 0.607. The minimum atomic E-state index is 0. The van der Waals surface area contributed by atoms with Gasteiger partial charge in [0.1, 0.15) is 0 Å². The number of aromatic nitrogens is 2. The summed E-state index contributed by atoms with van der Waals surface area (Å²) in [5.74, 6) is 2.20. The molecule has 30 heavy (non-hydrogen) atoms. The Morgan fingerprint density at radius 3 is 2.70 bits per heavy atom. The average molecular weight is 447 g/mol. The molecule has 1 N–H and O–H groups in total. The van der Waals surface area contributed by atoms with Gasteiger partial charge in [-0.1, -0.05) is 30.0 Å². The van der Waals surface area contributed by atoms with Crippen molar-refractivity contribution in [2.75, 3.05) is 38.7 Å². The molecular formula is C21H23ClN4O3S. The Morgan fingerprint density at radius 2 is 1.87 bits per heavy atom. The second-order valence-corrected chi connectivity index (χ2v) is 8.16. The van der Waals surface area contributed by atoms with Crippen LogP contribution < -0.4 is 9.47 Å². The van der Waals surface area contributed by atoms with Gasteiger partial charge in [0.05, 0.1) is 16.8 Å². The molecule has 9 heteroatoms. The van der Waals surface area contributed by atoms with Crippen LogP contribution in [0.1, 0.15) is 5.56 Å². The summed E-state index contributed by atoms with van der Waals surface area (Å²) >= 11 is 1.47. The third kappa shape index (κ3) is 4.50. The lowest BCUT2D eigenvalue weighted by Crippen LogP contribution is -2.48. The van der Waals surface area contributed by atoms with Crippen LogP contribution in [0, 0.1) is 0 Å². The molecule has 0 bridgehead atoms. The minimum absolute atomic E-state index is 0. The van der Waals surface area contributed by atoms with E-state index in [0.717, 1.165) is 60.4 Å². The molecule has 5 rings (SSSR count). The molecular weight excluding hydrogens is 424 g/mol. The molecule has 0 aliphatic carbocycles. The van der Waals surface area contributed by atoms with E-state index in [1.807, 2.05) is 41.3 Å². The zero-order valence-electron chi connectivity index (χ0n) is 16.4. The van der Waals surface area contributed by atoms with Crippen molar-refractivity contribution in [3.63, 3.8) is 0 Å². The molecule has 1 aromatic heterocycles. The predicted molar refractivity (Wildman–Crippen MR) is 118 cm³/mol. The maximum atomic E-state index is 12.6. The highest BCUT2D eigenvalue weighted by molar-refractivity contribution is 7.99. The topological polar surface area (TPSA) is 70.7 Å². The molecule has 2 aliphatic rings. The molecule has 0 unspecified atom stereocenters. The predicted octanol–water partition coefficient (Wildman–Crippen LogP) is 3.15. The molecule has 7 nitrogen and oxygen atoms in total. The lowest BCUT2D eigenvalue weighted by atomic mass is 10.1. The third-order valence-electron chi connectivity index (χ3n) is 5.27. The zero-order valence-corrected chi connectivity index (χ0v) is 18.0. The first-order chi connectivity index (χ1) is 14.2. The number of carbonyl (C=O) groups excluding carboxylic acids is 1. The number of fused-ring (bicyclic) bond motifs is 2. The number of hydrogen-bond acceptors (Lipinski definition) is 6. The SMILES string of the molecule is Cl.O=C(CSc1nc2ccccc2[nH]1)N1CCN(Cc2ccc3c(c2)OCO3)CC1. The van der Waals surface area contributed by atoms with Crippen LogP contribution in [0.4, 0.5) is 0 Å². The van der Waals surface area contributed by atoms with E-state index in [4.69, 9.17) is 9.47 Å². The van der Waals surface area contributed by atoms with Gasteiger partial charge in [-0.05, 0) is 29.8 Å². The number of thioether (sulfide) groups is 1. The fraction of sp³-hybridized carbons (Fsp3) is 0.333. The number of halogens is 1.